The Balaban J connectivity index is 1.30. The lowest BCUT2D eigenvalue weighted by molar-refractivity contribution is -0.0704. The molecule has 7 heteroatoms. The van der Waals surface area contributed by atoms with Crippen LogP contribution in [0.3, 0.4) is 0 Å². The van der Waals surface area contributed by atoms with Gasteiger partial charge in [-0.05, 0) is 49.2 Å². The van der Waals surface area contributed by atoms with Crippen molar-refractivity contribution in [2.75, 3.05) is 44.3 Å². The Kier molecular flexibility index (Phi) is 7.17. The molecule has 2 aromatic rings. The van der Waals surface area contributed by atoms with Crippen LogP contribution in [-0.4, -0.2) is 67.4 Å². The SMILES string of the molecule is CC1CN(Cc2ccc(C(=O)NCc3ccnc(N4CCOCC4)c3)cc2)CC(C)O1. The van der Waals surface area contributed by atoms with E-state index in [0.29, 0.717) is 12.1 Å². The van der Waals surface area contributed by atoms with Crippen LogP contribution >= 0.6 is 0 Å². The van der Waals surface area contributed by atoms with Gasteiger partial charge >= 0.3 is 0 Å². The zero-order valence-electron chi connectivity index (χ0n) is 18.4. The van der Waals surface area contributed by atoms with Crippen molar-refractivity contribution in [3.63, 3.8) is 0 Å². The van der Waals surface area contributed by atoms with Gasteiger partial charge in [-0.15, -0.1) is 0 Å². The number of rotatable bonds is 6. The lowest BCUT2D eigenvalue weighted by Gasteiger charge is -2.35. The number of hydrogen-bond donors (Lipinski definition) is 1. The summed E-state index contributed by atoms with van der Waals surface area (Å²) in [5.41, 5.74) is 2.93. The molecule has 3 heterocycles. The van der Waals surface area contributed by atoms with E-state index in [1.54, 1.807) is 6.20 Å². The number of hydrogen-bond acceptors (Lipinski definition) is 6. The van der Waals surface area contributed by atoms with E-state index >= 15 is 0 Å². The minimum absolute atomic E-state index is 0.0649. The maximum atomic E-state index is 12.6. The van der Waals surface area contributed by atoms with E-state index in [1.807, 2.05) is 36.4 Å². The zero-order valence-corrected chi connectivity index (χ0v) is 18.4. The van der Waals surface area contributed by atoms with Crippen molar-refractivity contribution in [2.45, 2.75) is 39.1 Å². The average Bonchev–Trinajstić information content (AvgIpc) is 2.78. The summed E-state index contributed by atoms with van der Waals surface area (Å²) in [6.07, 6.45) is 2.31. The van der Waals surface area contributed by atoms with Gasteiger partial charge in [-0.1, -0.05) is 12.1 Å². The fourth-order valence-corrected chi connectivity index (χ4v) is 4.25. The number of nitrogens with zero attached hydrogens (tertiary/aromatic N) is 3. The lowest BCUT2D eigenvalue weighted by Crippen LogP contribution is -2.44. The number of benzene rings is 1. The van der Waals surface area contributed by atoms with Gasteiger partial charge in [0.1, 0.15) is 5.82 Å². The molecule has 2 atom stereocenters. The second kappa shape index (κ2) is 10.2. The smallest absolute Gasteiger partial charge is 0.251 e. The quantitative estimate of drug-likeness (QED) is 0.769. The van der Waals surface area contributed by atoms with Crippen LogP contribution < -0.4 is 10.2 Å². The molecule has 2 saturated heterocycles. The van der Waals surface area contributed by atoms with Gasteiger partial charge in [0, 0.05) is 51.0 Å². The normalized spacial score (nSPS) is 22.3. The highest BCUT2D eigenvalue weighted by Gasteiger charge is 2.22. The minimum Gasteiger partial charge on any atom is -0.378 e. The van der Waals surface area contributed by atoms with E-state index in [9.17, 15) is 4.79 Å². The van der Waals surface area contributed by atoms with E-state index < -0.39 is 0 Å². The number of carbonyl (C=O) groups excluding carboxylic acids is 1. The predicted octanol–water partition coefficient (Wildman–Crippen LogP) is 2.46. The Morgan fingerprint density at radius 2 is 1.77 bits per heavy atom. The summed E-state index contributed by atoms with van der Waals surface area (Å²) >= 11 is 0. The van der Waals surface area contributed by atoms with Crippen molar-refractivity contribution >= 4 is 11.7 Å². The summed E-state index contributed by atoms with van der Waals surface area (Å²) < 4.78 is 11.2. The van der Waals surface area contributed by atoms with Crippen LogP contribution in [0.1, 0.15) is 35.3 Å². The number of carbonyl (C=O) groups is 1. The molecule has 1 N–H and O–H groups in total. The van der Waals surface area contributed by atoms with Crippen LogP contribution in [0.2, 0.25) is 0 Å². The Morgan fingerprint density at radius 1 is 1.06 bits per heavy atom. The van der Waals surface area contributed by atoms with Gasteiger partial charge in [0.15, 0.2) is 0 Å². The average molecular weight is 425 g/mol. The first-order valence-electron chi connectivity index (χ1n) is 11.1. The number of anilines is 1. The van der Waals surface area contributed by atoms with Crippen molar-refractivity contribution in [3.8, 4) is 0 Å². The monoisotopic (exact) mass is 424 g/mol. The molecule has 2 fully saturated rings. The highest BCUT2D eigenvalue weighted by molar-refractivity contribution is 5.94. The van der Waals surface area contributed by atoms with Crippen molar-refractivity contribution < 1.29 is 14.3 Å². The van der Waals surface area contributed by atoms with E-state index in [0.717, 1.165) is 57.3 Å². The second-order valence-electron chi connectivity index (χ2n) is 8.45. The van der Waals surface area contributed by atoms with E-state index in [2.05, 4.69) is 33.9 Å². The molecule has 0 spiro atoms. The molecule has 4 rings (SSSR count). The van der Waals surface area contributed by atoms with E-state index in [4.69, 9.17) is 9.47 Å². The Morgan fingerprint density at radius 3 is 2.48 bits per heavy atom. The maximum absolute atomic E-state index is 12.6. The molecule has 166 valence electrons. The van der Waals surface area contributed by atoms with Crippen molar-refractivity contribution in [2.24, 2.45) is 0 Å². The predicted molar refractivity (Wildman–Crippen MR) is 120 cm³/mol. The Labute approximate surface area is 184 Å². The molecule has 31 heavy (non-hydrogen) atoms. The van der Waals surface area contributed by atoms with Gasteiger partial charge in [-0.2, -0.15) is 0 Å². The summed E-state index contributed by atoms with van der Waals surface area (Å²) in [7, 11) is 0. The van der Waals surface area contributed by atoms with Gasteiger partial charge in [0.2, 0.25) is 0 Å². The third-order valence-electron chi connectivity index (χ3n) is 5.72. The second-order valence-corrected chi connectivity index (χ2v) is 8.45. The highest BCUT2D eigenvalue weighted by atomic mass is 16.5. The molecule has 7 nitrogen and oxygen atoms in total. The standard InChI is InChI=1S/C24H32N4O3/c1-18-15-27(16-19(2)31-18)17-20-3-5-22(6-4-20)24(29)26-14-21-7-8-25-23(13-21)28-9-11-30-12-10-28/h3-8,13,18-19H,9-12,14-17H2,1-2H3,(H,26,29). The summed E-state index contributed by atoms with van der Waals surface area (Å²) in [5, 5.41) is 3.02. The van der Waals surface area contributed by atoms with Crippen LogP contribution in [0.25, 0.3) is 0 Å². The van der Waals surface area contributed by atoms with Crippen LogP contribution in [0.5, 0.6) is 0 Å². The number of amides is 1. The molecular formula is C24H32N4O3. The number of ether oxygens (including phenoxy) is 2. The van der Waals surface area contributed by atoms with Gasteiger partial charge in [-0.3, -0.25) is 9.69 Å². The Hall–Kier alpha value is -2.48. The van der Waals surface area contributed by atoms with Crippen molar-refractivity contribution in [1.82, 2.24) is 15.2 Å². The fraction of sp³-hybridized carbons (Fsp3) is 0.500. The third-order valence-corrected chi connectivity index (χ3v) is 5.72. The van der Waals surface area contributed by atoms with E-state index in [-0.39, 0.29) is 18.1 Å². The summed E-state index contributed by atoms with van der Waals surface area (Å²) in [6, 6.07) is 11.9. The molecular weight excluding hydrogens is 392 g/mol. The van der Waals surface area contributed by atoms with Crippen LogP contribution in [0.4, 0.5) is 5.82 Å². The number of morpholine rings is 2. The highest BCUT2D eigenvalue weighted by Crippen LogP contribution is 2.16. The van der Waals surface area contributed by atoms with Crippen molar-refractivity contribution in [3.05, 3.63) is 59.3 Å². The first-order valence-corrected chi connectivity index (χ1v) is 11.1. The topological polar surface area (TPSA) is 66.9 Å². The van der Waals surface area contributed by atoms with Crippen LogP contribution in [0.15, 0.2) is 42.6 Å². The van der Waals surface area contributed by atoms with Gasteiger partial charge in [-0.25, -0.2) is 4.98 Å². The van der Waals surface area contributed by atoms with Gasteiger partial charge in [0.05, 0.1) is 25.4 Å². The first kappa shape index (κ1) is 21.7. The molecule has 1 amide bonds. The molecule has 2 aliphatic rings. The Bertz CT molecular complexity index is 857. The van der Waals surface area contributed by atoms with Crippen molar-refractivity contribution in [1.29, 1.82) is 0 Å². The number of aromatic nitrogens is 1. The largest absolute Gasteiger partial charge is 0.378 e. The van der Waals surface area contributed by atoms with Gasteiger partial charge < -0.3 is 19.7 Å². The zero-order chi connectivity index (χ0) is 21.6. The molecule has 1 aromatic carbocycles. The molecule has 0 radical (unpaired) electrons. The molecule has 0 bridgehead atoms. The molecule has 2 unspecified atom stereocenters. The van der Waals surface area contributed by atoms with Gasteiger partial charge in [0.25, 0.3) is 5.91 Å². The summed E-state index contributed by atoms with van der Waals surface area (Å²) in [6.45, 7) is 10.6. The van der Waals surface area contributed by atoms with Crippen LogP contribution in [0, 0.1) is 0 Å². The fourth-order valence-electron chi connectivity index (χ4n) is 4.25. The summed E-state index contributed by atoms with van der Waals surface area (Å²) in [5.74, 6) is 0.871. The molecule has 0 aliphatic carbocycles. The molecule has 0 saturated carbocycles. The molecule has 1 aromatic heterocycles. The minimum atomic E-state index is -0.0649. The molecule has 2 aliphatic heterocycles. The first-order chi connectivity index (χ1) is 15.1. The third kappa shape index (κ3) is 6.03. The van der Waals surface area contributed by atoms with Crippen LogP contribution in [-0.2, 0) is 22.6 Å². The number of nitrogens with one attached hydrogen (secondary N) is 1. The van der Waals surface area contributed by atoms with E-state index in [1.165, 1.54) is 5.56 Å². The maximum Gasteiger partial charge on any atom is 0.251 e. The summed E-state index contributed by atoms with van der Waals surface area (Å²) in [4.78, 5) is 21.7. The number of pyridine rings is 1. The lowest BCUT2D eigenvalue weighted by atomic mass is 10.1.